The van der Waals surface area contributed by atoms with E-state index in [1.807, 2.05) is 0 Å². The minimum Gasteiger partial charge on any atom is -0.385 e. The maximum absolute atomic E-state index is 10.6. The van der Waals surface area contributed by atoms with Crippen LogP contribution >= 0.6 is 0 Å². The lowest BCUT2D eigenvalue weighted by Gasteiger charge is -2.05. The highest BCUT2D eigenvalue weighted by Gasteiger charge is 2.02. The van der Waals surface area contributed by atoms with Crippen LogP contribution in [-0.2, 0) is 4.84 Å². The van der Waals surface area contributed by atoms with E-state index in [1.165, 1.54) is 11.8 Å². The molecule has 0 aromatic carbocycles. The van der Waals surface area contributed by atoms with Crippen molar-refractivity contribution in [1.29, 1.82) is 0 Å². The molecule has 58 valence electrons. The standard InChI is InChI=1S/C5H11N3O2/c1-4(6)7-10-5(9)8(2)3/h1-3H3,(H2,6,7). The molecule has 0 aliphatic rings. The third-order valence-corrected chi connectivity index (χ3v) is 0.633. The van der Waals surface area contributed by atoms with Crippen molar-refractivity contribution in [3.8, 4) is 0 Å². The zero-order valence-electron chi connectivity index (χ0n) is 6.29. The van der Waals surface area contributed by atoms with Gasteiger partial charge in [-0.05, 0) is 6.92 Å². The summed E-state index contributed by atoms with van der Waals surface area (Å²) in [6, 6.07) is 0. The van der Waals surface area contributed by atoms with Gasteiger partial charge in [-0.25, -0.2) is 4.79 Å². The number of nitrogens with two attached hydrogens (primary N) is 1. The molecular weight excluding hydrogens is 134 g/mol. The number of hydrogen-bond acceptors (Lipinski definition) is 3. The van der Waals surface area contributed by atoms with E-state index in [-0.39, 0.29) is 5.84 Å². The molecule has 5 heteroatoms. The van der Waals surface area contributed by atoms with Crippen LogP contribution in [0.4, 0.5) is 4.79 Å². The molecule has 0 heterocycles. The molecule has 0 radical (unpaired) electrons. The predicted octanol–water partition coefficient (Wildman–Crippen LogP) is -0.0233. The molecule has 0 saturated carbocycles. The summed E-state index contributed by atoms with van der Waals surface area (Å²) >= 11 is 0. The number of hydrogen-bond donors (Lipinski definition) is 1. The molecule has 0 atom stereocenters. The average Bonchev–Trinajstić information content (AvgIpc) is 1.82. The molecule has 0 aromatic heterocycles. The third kappa shape index (κ3) is 3.71. The van der Waals surface area contributed by atoms with Crippen LogP contribution < -0.4 is 5.73 Å². The Hall–Kier alpha value is -1.26. The first-order chi connectivity index (χ1) is 4.54. The van der Waals surface area contributed by atoms with E-state index >= 15 is 0 Å². The number of carbonyl (C=O) groups is 1. The summed E-state index contributed by atoms with van der Waals surface area (Å²) in [6.07, 6.45) is -0.537. The monoisotopic (exact) mass is 145 g/mol. The van der Waals surface area contributed by atoms with Gasteiger partial charge in [0.2, 0.25) is 0 Å². The van der Waals surface area contributed by atoms with Gasteiger partial charge in [-0.3, -0.25) is 4.84 Å². The molecule has 0 unspecified atom stereocenters. The van der Waals surface area contributed by atoms with Gasteiger partial charge in [0, 0.05) is 14.1 Å². The molecule has 10 heavy (non-hydrogen) atoms. The quantitative estimate of drug-likeness (QED) is 0.244. The zero-order valence-corrected chi connectivity index (χ0v) is 6.29. The minimum atomic E-state index is -0.537. The van der Waals surface area contributed by atoms with Crippen LogP contribution in [0.25, 0.3) is 0 Å². The molecule has 0 spiro atoms. The van der Waals surface area contributed by atoms with Crippen molar-refractivity contribution in [2.45, 2.75) is 6.92 Å². The fourth-order valence-corrected chi connectivity index (χ4v) is 0.193. The first-order valence-corrected chi connectivity index (χ1v) is 2.72. The number of amidine groups is 1. The van der Waals surface area contributed by atoms with Crippen LogP contribution in [0.1, 0.15) is 6.92 Å². The SMILES string of the molecule is C/C(N)=N/OC(=O)N(C)C. The van der Waals surface area contributed by atoms with E-state index in [9.17, 15) is 4.79 Å². The largest absolute Gasteiger partial charge is 0.435 e. The number of amides is 1. The normalized spacial score (nSPS) is 10.9. The second-order valence-electron chi connectivity index (χ2n) is 1.98. The maximum atomic E-state index is 10.6. The molecule has 2 N–H and O–H groups in total. The molecule has 0 saturated heterocycles. The Morgan fingerprint density at radius 2 is 2.10 bits per heavy atom. The summed E-state index contributed by atoms with van der Waals surface area (Å²) in [4.78, 5) is 16.2. The molecule has 0 fully saturated rings. The average molecular weight is 145 g/mol. The van der Waals surface area contributed by atoms with Gasteiger partial charge in [0.15, 0.2) is 0 Å². The van der Waals surface area contributed by atoms with Gasteiger partial charge in [-0.1, -0.05) is 5.16 Å². The van der Waals surface area contributed by atoms with Crippen molar-refractivity contribution in [1.82, 2.24) is 4.90 Å². The second-order valence-corrected chi connectivity index (χ2v) is 1.98. The van der Waals surface area contributed by atoms with E-state index in [1.54, 1.807) is 14.1 Å². The van der Waals surface area contributed by atoms with E-state index in [0.29, 0.717) is 0 Å². The van der Waals surface area contributed by atoms with Crippen LogP contribution in [0, 0.1) is 0 Å². The zero-order chi connectivity index (χ0) is 8.15. The van der Waals surface area contributed by atoms with Crippen molar-refractivity contribution in [3.63, 3.8) is 0 Å². The lowest BCUT2D eigenvalue weighted by Crippen LogP contribution is -2.22. The van der Waals surface area contributed by atoms with E-state index in [4.69, 9.17) is 5.73 Å². The summed E-state index contributed by atoms with van der Waals surface area (Å²) in [6.45, 7) is 1.53. The highest BCUT2D eigenvalue weighted by Crippen LogP contribution is 1.85. The highest BCUT2D eigenvalue weighted by atomic mass is 16.7. The number of oxime groups is 1. The molecule has 0 aliphatic carbocycles. The first kappa shape index (κ1) is 8.74. The smallest absolute Gasteiger partial charge is 0.385 e. The van der Waals surface area contributed by atoms with E-state index in [0.717, 1.165) is 0 Å². The van der Waals surface area contributed by atoms with Gasteiger partial charge in [-0.2, -0.15) is 0 Å². The Labute approximate surface area is 59.4 Å². The molecule has 0 bridgehead atoms. The second kappa shape index (κ2) is 3.71. The van der Waals surface area contributed by atoms with Crippen LogP contribution in [-0.4, -0.2) is 30.9 Å². The molecule has 0 rings (SSSR count). The topological polar surface area (TPSA) is 67.9 Å². The van der Waals surface area contributed by atoms with Crippen LogP contribution in [0.15, 0.2) is 5.16 Å². The maximum Gasteiger partial charge on any atom is 0.435 e. The van der Waals surface area contributed by atoms with Gasteiger partial charge in [0.1, 0.15) is 5.84 Å². The van der Waals surface area contributed by atoms with Gasteiger partial charge < -0.3 is 10.6 Å². The van der Waals surface area contributed by atoms with Crippen LogP contribution in [0.3, 0.4) is 0 Å². The number of nitrogens with zero attached hydrogens (tertiary/aromatic N) is 2. The molecule has 0 aromatic rings. The lowest BCUT2D eigenvalue weighted by atomic mass is 10.7. The summed E-state index contributed by atoms with van der Waals surface area (Å²) in [5.74, 6) is 0.218. The first-order valence-electron chi connectivity index (χ1n) is 2.72. The Kier molecular flexibility index (Phi) is 3.24. The van der Waals surface area contributed by atoms with Gasteiger partial charge >= 0.3 is 6.09 Å². The Balaban J connectivity index is 3.71. The van der Waals surface area contributed by atoms with Gasteiger partial charge in [0.25, 0.3) is 0 Å². The Bertz CT molecular complexity index is 149. The molecule has 0 aliphatic heterocycles. The summed E-state index contributed by atoms with van der Waals surface area (Å²) in [7, 11) is 3.12. The molecular formula is C5H11N3O2. The van der Waals surface area contributed by atoms with Crippen molar-refractivity contribution >= 4 is 11.9 Å². The van der Waals surface area contributed by atoms with Crippen molar-refractivity contribution in [3.05, 3.63) is 0 Å². The van der Waals surface area contributed by atoms with Crippen LogP contribution in [0.5, 0.6) is 0 Å². The molecule has 5 nitrogen and oxygen atoms in total. The fraction of sp³-hybridized carbons (Fsp3) is 0.600. The number of carbonyl (C=O) groups excluding carboxylic acids is 1. The van der Waals surface area contributed by atoms with Crippen LogP contribution in [0.2, 0.25) is 0 Å². The summed E-state index contributed by atoms with van der Waals surface area (Å²) in [5, 5.41) is 3.25. The third-order valence-electron chi connectivity index (χ3n) is 0.633. The Morgan fingerprint density at radius 1 is 1.60 bits per heavy atom. The number of rotatable bonds is 1. The summed E-state index contributed by atoms with van der Waals surface area (Å²) < 4.78 is 0. The van der Waals surface area contributed by atoms with Crippen molar-refractivity contribution < 1.29 is 9.63 Å². The molecule has 1 amide bonds. The van der Waals surface area contributed by atoms with E-state index < -0.39 is 6.09 Å². The lowest BCUT2D eigenvalue weighted by molar-refractivity contribution is 0.122. The predicted molar refractivity (Wildman–Crippen MR) is 37.5 cm³/mol. The van der Waals surface area contributed by atoms with Crippen molar-refractivity contribution in [2.75, 3.05) is 14.1 Å². The fourth-order valence-electron chi connectivity index (χ4n) is 0.193. The summed E-state index contributed by atoms with van der Waals surface area (Å²) in [5.41, 5.74) is 5.10. The minimum absolute atomic E-state index is 0.218. The van der Waals surface area contributed by atoms with E-state index in [2.05, 4.69) is 9.99 Å². The Morgan fingerprint density at radius 3 is 2.40 bits per heavy atom. The van der Waals surface area contributed by atoms with Gasteiger partial charge in [0.05, 0.1) is 0 Å². The van der Waals surface area contributed by atoms with Crippen molar-refractivity contribution in [2.24, 2.45) is 10.9 Å². The van der Waals surface area contributed by atoms with Gasteiger partial charge in [-0.15, -0.1) is 0 Å². The highest BCUT2D eigenvalue weighted by molar-refractivity contribution is 5.78.